The van der Waals surface area contributed by atoms with Crippen molar-refractivity contribution in [2.45, 2.75) is 51.7 Å². The Bertz CT molecular complexity index is 1430. The van der Waals surface area contributed by atoms with Gasteiger partial charge in [-0.15, -0.1) is 0 Å². The van der Waals surface area contributed by atoms with Gasteiger partial charge in [-0.05, 0) is 91.8 Å². The second-order valence-electron chi connectivity index (χ2n) is 10.7. The topological polar surface area (TPSA) is 137 Å². The number of hydrogen-bond acceptors (Lipinski definition) is 8. The molecule has 42 heavy (non-hydrogen) atoms. The summed E-state index contributed by atoms with van der Waals surface area (Å²) in [6.45, 7) is 10.9. The van der Waals surface area contributed by atoms with Crippen LogP contribution in [0.4, 0.5) is 20.2 Å². The molecule has 0 unspecified atom stereocenters. The number of halogens is 3. The van der Waals surface area contributed by atoms with Crippen molar-refractivity contribution in [2.75, 3.05) is 37.9 Å². The van der Waals surface area contributed by atoms with Gasteiger partial charge in [-0.25, -0.2) is 8.78 Å². The molecule has 0 aliphatic carbocycles. The third-order valence-electron chi connectivity index (χ3n) is 7.33. The summed E-state index contributed by atoms with van der Waals surface area (Å²) in [5.41, 5.74) is 14.3. The highest BCUT2D eigenvalue weighted by molar-refractivity contribution is 9.10. The van der Waals surface area contributed by atoms with Gasteiger partial charge in [-0.2, -0.15) is 10.5 Å². The van der Waals surface area contributed by atoms with Crippen LogP contribution in [-0.2, 0) is 18.8 Å². The van der Waals surface area contributed by atoms with Gasteiger partial charge in [-0.1, -0.05) is 12.2 Å². The largest absolute Gasteiger partial charge is 0.490 e. The maximum Gasteiger partial charge on any atom is 0.490 e. The van der Waals surface area contributed by atoms with Crippen LogP contribution in [0.2, 0.25) is 0 Å². The zero-order valence-electron chi connectivity index (χ0n) is 24.1. The summed E-state index contributed by atoms with van der Waals surface area (Å²) < 4.78 is 48.9. The van der Waals surface area contributed by atoms with E-state index in [1.165, 1.54) is 23.7 Å². The minimum absolute atomic E-state index is 0.00826. The molecule has 8 nitrogen and oxygen atoms in total. The Hall–Kier alpha value is -3.26. The van der Waals surface area contributed by atoms with E-state index in [-0.39, 0.29) is 29.4 Å². The Morgan fingerprint density at radius 1 is 0.810 bits per heavy atom. The Labute approximate surface area is 254 Å². The summed E-state index contributed by atoms with van der Waals surface area (Å²) >= 11 is 3.08. The first kappa shape index (κ1) is 33.2. The van der Waals surface area contributed by atoms with Crippen molar-refractivity contribution in [1.29, 1.82) is 10.5 Å². The lowest BCUT2D eigenvalue weighted by atomic mass is 9.75. The van der Waals surface area contributed by atoms with Gasteiger partial charge in [0.2, 0.25) is 0 Å². The highest BCUT2D eigenvalue weighted by Gasteiger charge is 2.52. The van der Waals surface area contributed by atoms with Crippen LogP contribution in [0.1, 0.15) is 57.2 Å². The zero-order chi connectivity index (χ0) is 31.1. The molecule has 0 aromatic heterocycles. The lowest BCUT2D eigenvalue weighted by Crippen LogP contribution is -2.41. The van der Waals surface area contributed by atoms with E-state index in [2.05, 4.69) is 49.7 Å². The average Bonchev–Trinajstić information content (AvgIpc) is 3.19. The van der Waals surface area contributed by atoms with Gasteiger partial charge in [0, 0.05) is 21.4 Å². The number of nitrogen functional groups attached to an aromatic ring is 2. The molecule has 2 aromatic rings. The number of anilines is 2. The first-order valence-corrected chi connectivity index (χ1v) is 14.1. The molecule has 3 heterocycles. The first-order valence-electron chi connectivity index (χ1n) is 13.3. The van der Waals surface area contributed by atoms with Crippen molar-refractivity contribution >= 4 is 40.0 Å². The number of nitrogens with zero attached hydrogens (tertiary/aromatic N) is 2. The first-order chi connectivity index (χ1) is 19.8. The van der Waals surface area contributed by atoms with Crippen molar-refractivity contribution in [3.05, 3.63) is 74.7 Å². The molecule has 0 spiro atoms. The number of benzene rings is 2. The number of rotatable bonds is 2. The monoisotopic (exact) mass is 642 g/mol. The van der Waals surface area contributed by atoms with Crippen LogP contribution in [0.15, 0.2) is 46.4 Å². The van der Waals surface area contributed by atoms with E-state index in [1.54, 1.807) is 6.07 Å². The molecule has 4 N–H and O–H groups in total. The number of nitriles is 2. The van der Waals surface area contributed by atoms with Gasteiger partial charge in [0.05, 0.1) is 48.8 Å². The van der Waals surface area contributed by atoms with Gasteiger partial charge in [0.25, 0.3) is 0 Å². The molecule has 1 fully saturated rings. The molecule has 0 bridgehead atoms. The number of nitrogens with two attached hydrogens (primary N) is 2. The fourth-order valence-corrected chi connectivity index (χ4v) is 4.47. The van der Waals surface area contributed by atoms with E-state index >= 15 is 0 Å². The third-order valence-corrected chi connectivity index (χ3v) is 8.02. The molecule has 0 atom stereocenters. The fraction of sp³-hybridized carbons (Fsp3) is 0.400. The Kier molecular flexibility index (Phi) is 11.3. The van der Waals surface area contributed by atoms with E-state index < -0.39 is 11.6 Å². The molecule has 3 aliphatic rings. The van der Waals surface area contributed by atoms with Crippen molar-refractivity contribution in [1.82, 2.24) is 0 Å². The van der Waals surface area contributed by atoms with E-state index in [9.17, 15) is 8.78 Å². The highest BCUT2D eigenvalue weighted by Crippen LogP contribution is 2.39. The molecule has 5 rings (SSSR count). The minimum Gasteiger partial charge on any atom is -0.400 e. The van der Waals surface area contributed by atoms with Crippen LogP contribution >= 0.6 is 15.9 Å². The number of hydrogen-bond donors (Lipinski definition) is 2. The molecule has 1 saturated heterocycles. The maximum atomic E-state index is 13.3. The van der Waals surface area contributed by atoms with Crippen LogP contribution < -0.4 is 11.5 Å². The summed E-state index contributed by atoms with van der Waals surface area (Å²) in [5.74, 6) is -1.16. The molecular formula is C30H34BBrF2N4O4. The molecule has 0 saturated carbocycles. The molecule has 3 aliphatic heterocycles. The van der Waals surface area contributed by atoms with Gasteiger partial charge >= 0.3 is 7.12 Å². The molecule has 12 heteroatoms. The van der Waals surface area contributed by atoms with E-state index in [0.29, 0.717) is 35.7 Å². The van der Waals surface area contributed by atoms with Crippen LogP contribution in [0.5, 0.6) is 0 Å². The maximum absolute atomic E-state index is 13.3. The second kappa shape index (κ2) is 14.3. The molecule has 222 valence electrons. The zero-order valence-corrected chi connectivity index (χ0v) is 25.7. The smallest absolute Gasteiger partial charge is 0.400 e. The summed E-state index contributed by atoms with van der Waals surface area (Å²) in [6.07, 6.45) is 5.64. The van der Waals surface area contributed by atoms with Crippen molar-refractivity contribution in [2.24, 2.45) is 0 Å². The molecule has 2 aromatic carbocycles. The number of ether oxygens (including phenoxy) is 2. The van der Waals surface area contributed by atoms with Crippen molar-refractivity contribution in [3.8, 4) is 12.1 Å². The molecule has 0 amide bonds. The normalized spacial score (nSPS) is 18.6. The predicted molar refractivity (Wildman–Crippen MR) is 162 cm³/mol. The van der Waals surface area contributed by atoms with E-state index in [1.807, 2.05) is 12.1 Å². The van der Waals surface area contributed by atoms with Crippen molar-refractivity contribution < 1.29 is 27.6 Å². The van der Waals surface area contributed by atoms with E-state index in [4.69, 9.17) is 40.8 Å². The second-order valence-corrected chi connectivity index (χ2v) is 11.6. The summed E-state index contributed by atoms with van der Waals surface area (Å²) in [6, 6.07) is 8.68. The van der Waals surface area contributed by atoms with Gasteiger partial charge < -0.3 is 30.2 Å². The van der Waals surface area contributed by atoms with Crippen LogP contribution in [0.25, 0.3) is 5.57 Å². The molecular weight excluding hydrogens is 609 g/mol. The Morgan fingerprint density at radius 2 is 1.33 bits per heavy atom. The summed E-state index contributed by atoms with van der Waals surface area (Å²) in [5, 5.41) is 17.1. The van der Waals surface area contributed by atoms with Crippen LogP contribution in [0, 0.1) is 34.3 Å². The standard InChI is InChI=1S/C12H11FN2O.C11H19BO3.C7H4BrFN2/c13-11-6-12(15)10(5-9(11)7-14)8-1-3-16-4-2-8;1-10(2)11(3,4)15-12(14-10)9-5-7-13-8-6-9;8-5-1-4(3-10)6(9)2-7(5)11/h1,5-6H,2-4,15H2;5H,6-8H2,1-4H3;1-2H,11H2. The lowest BCUT2D eigenvalue weighted by Gasteiger charge is -2.32. The third kappa shape index (κ3) is 8.18. The Morgan fingerprint density at radius 3 is 1.83 bits per heavy atom. The molecule has 0 radical (unpaired) electrons. The van der Waals surface area contributed by atoms with Crippen LogP contribution in [0.3, 0.4) is 0 Å². The van der Waals surface area contributed by atoms with Crippen LogP contribution in [-0.4, -0.2) is 44.7 Å². The fourth-order valence-electron chi connectivity index (χ4n) is 4.12. The SMILES string of the molecule is CC1(C)OB(C2=CCOCC2)OC1(C)C.N#Cc1cc(Br)c(N)cc1F.N#Cc1cc(C2=CCOCC2)c(N)cc1F. The predicted octanol–water partition coefficient (Wildman–Crippen LogP) is 6.09. The van der Waals surface area contributed by atoms with E-state index in [0.717, 1.165) is 36.7 Å². The van der Waals surface area contributed by atoms with Gasteiger partial charge in [0.1, 0.15) is 23.8 Å². The average molecular weight is 643 g/mol. The Balaban J connectivity index is 0.000000176. The van der Waals surface area contributed by atoms with Gasteiger partial charge in [0.15, 0.2) is 0 Å². The summed E-state index contributed by atoms with van der Waals surface area (Å²) in [4.78, 5) is 0. The van der Waals surface area contributed by atoms with Gasteiger partial charge in [-0.3, -0.25) is 0 Å². The summed E-state index contributed by atoms with van der Waals surface area (Å²) in [7, 11) is -0.182. The quantitative estimate of drug-likeness (QED) is 0.297. The lowest BCUT2D eigenvalue weighted by molar-refractivity contribution is 0.00578. The van der Waals surface area contributed by atoms with Crippen molar-refractivity contribution in [3.63, 3.8) is 0 Å². The minimum atomic E-state index is -0.590. The highest BCUT2D eigenvalue weighted by atomic mass is 79.9.